The van der Waals surface area contributed by atoms with Gasteiger partial charge in [0.05, 0.1) is 0 Å². The van der Waals surface area contributed by atoms with Gasteiger partial charge in [-0.25, -0.2) is 0 Å². The second kappa shape index (κ2) is 6.75. The van der Waals surface area contributed by atoms with Crippen LogP contribution in [0.1, 0.15) is 38.7 Å². The van der Waals surface area contributed by atoms with E-state index in [9.17, 15) is 0 Å². The molecular formula is C17H25N. The molecule has 1 aromatic rings. The molecule has 0 saturated heterocycles. The van der Waals surface area contributed by atoms with Gasteiger partial charge in [0.25, 0.3) is 0 Å². The fourth-order valence-electron chi connectivity index (χ4n) is 2.85. The van der Waals surface area contributed by atoms with E-state index >= 15 is 0 Å². The maximum absolute atomic E-state index is 3.69. The molecule has 98 valence electrons. The minimum Gasteiger partial charge on any atom is -0.310 e. The van der Waals surface area contributed by atoms with Gasteiger partial charge in [0.1, 0.15) is 0 Å². The molecule has 1 aromatic carbocycles. The van der Waals surface area contributed by atoms with Crippen LogP contribution in [0.2, 0.25) is 0 Å². The molecular weight excluding hydrogens is 218 g/mol. The van der Waals surface area contributed by atoms with E-state index in [1.54, 1.807) is 0 Å². The predicted octanol–water partition coefficient (Wildman–Crippen LogP) is 4.11. The van der Waals surface area contributed by atoms with Crippen molar-refractivity contribution in [2.45, 2.75) is 39.2 Å². The number of rotatable bonds is 4. The highest BCUT2D eigenvalue weighted by atomic mass is 14.9. The first kappa shape index (κ1) is 13.4. The van der Waals surface area contributed by atoms with Gasteiger partial charge in [0.15, 0.2) is 0 Å². The molecule has 0 spiro atoms. The molecule has 1 heteroatoms. The summed E-state index contributed by atoms with van der Waals surface area (Å²) in [4.78, 5) is 0. The van der Waals surface area contributed by atoms with Crippen molar-refractivity contribution >= 4 is 6.08 Å². The standard InChI is InChI=1S/C17H25N/c1-14-8-6-12-17(15(14)2)18-13-7-11-16-9-4-3-5-10-16/h3-5,7,9-11,14-15,17-18H,6,8,12-13H2,1-2H3/b11-7+/t14-,15+,17-/m0/s1. The second-order valence-corrected chi connectivity index (χ2v) is 5.60. The van der Waals surface area contributed by atoms with Gasteiger partial charge in [0, 0.05) is 12.6 Å². The third-order valence-corrected chi connectivity index (χ3v) is 4.31. The van der Waals surface area contributed by atoms with Crippen LogP contribution in [-0.2, 0) is 0 Å². The first-order valence-electron chi connectivity index (χ1n) is 7.22. The maximum Gasteiger partial charge on any atom is 0.0140 e. The molecule has 0 amide bonds. The quantitative estimate of drug-likeness (QED) is 0.839. The van der Waals surface area contributed by atoms with Gasteiger partial charge < -0.3 is 5.32 Å². The Kier molecular flexibility index (Phi) is 5.00. The molecule has 0 aromatic heterocycles. The van der Waals surface area contributed by atoms with Crippen LogP contribution in [0.5, 0.6) is 0 Å². The van der Waals surface area contributed by atoms with Crippen LogP contribution in [-0.4, -0.2) is 12.6 Å². The summed E-state index contributed by atoms with van der Waals surface area (Å²) in [7, 11) is 0. The van der Waals surface area contributed by atoms with Crippen LogP contribution in [0.25, 0.3) is 6.08 Å². The summed E-state index contributed by atoms with van der Waals surface area (Å²) in [5, 5.41) is 3.69. The normalized spacial score (nSPS) is 28.7. The highest BCUT2D eigenvalue weighted by Gasteiger charge is 2.25. The smallest absolute Gasteiger partial charge is 0.0140 e. The van der Waals surface area contributed by atoms with E-state index in [4.69, 9.17) is 0 Å². The number of hydrogen-bond acceptors (Lipinski definition) is 1. The largest absolute Gasteiger partial charge is 0.310 e. The monoisotopic (exact) mass is 243 g/mol. The molecule has 3 atom stereocenters. The predicted molar refractivity (Wildman–Crippen MR) is 79.4 cm³/mol. The molecule has 1 aliphatic rings. The fraction of sp³-hybridized carbons (Fsp3) is 0.529. The third kappa shape index (κ3) is 3.71. The lowest BCUT2D eigenvalue weighted by Gasteiger charge is -2.34. The molecule has 0 heterocycles. The molecule has 1 aliphatic carbocycles. The Balaban J connectivity index is 1.76. The van der Waals surface area contributed by atoms with Crippen LogP contribution in [0.4, 0.5) is 0 Å². The second-order valence-electron chi connectivity index (χ2n) is 5.60. The Morgan fingerprint density at radius 2 is 1.94 bits per heavy atom. The Hall–Kier alpha value is -1.08. The van der Waals surface area contributed by atoms with Crippen LogP contribution in [0.15, 0.2) is 36.4 Å². The molecule has 1 fully saturated rings. The van der Waals surface area contributed by atoms with E-state index in [0.29, 0.717) is 6.04 Å². The highest BCUT2D eigenvalue weighted by molar-refractivity contribution is 5.48. The molecule has 2 rings (SSSR count). The minimum absolute atomic E-state index is 0.703. The van der Waals surface area contributed by atoms with Crippen molar-refractivity contribution in [1.82, 2.24) is 5.32 Å². The lowest BCUT2D eigenvalue weighted by atomic mass is 9.78. The Morgan fingerprint density at radius 3 is 2.72 bits per heavy atom. The zero-order valence-electron chi connectivity index (χ0n) is 11.6. The van der Waals surface area contributed by atoms with Gasteiger partial charge in [0.2, 0.25) is 0 Å². The molecule has 0 bridgehead atoms. The summed E-state index contributed by atoms with van der Waals surface area (Å²) < 4.78 is 0. The van der Waals surface area contributed by atoms with Gasteiger partial charge in [-0.3, -0.25) is 0 Å². The summed E-state index contributed by atoms with van der Waals surface area (Å²) in [5.74, 6) is 1.68. The molecule has 1 saturated carbocycles. The van der Waals surface area contributed by atoms with Crippen molar-refractivity contribution in [3.63, 3.8) is 0 Å². The molecule has 1 nitrogen and oxygen atoms in total. The Morgan fingerprint density at radius 1 is 1.17 bits per heavy atom. The zero-order valence-corrected chi connectivity index (χ0v) is 11.6. The zero-order chi connectivity index (χ0) is 12.8. The van der Waals surface area contributed by atoms with E-state index in [1.165, 1.54) is 24.8 Å². The average molecular weight is 243 g/mol. The maximum atomic E-state index is 3.69. The van der Waals surface area contributed by atoms with E-state index in [1.807, 2.05) is 0 Å². The van der Waals surface area contributed by atoms with E-state index in [0.717, 1.165) is 18.4 Å². The number of hydrogen-bond donors (Lipinski definition) is 1. The molecule has 18 heavy (non-hydrogen) atoms. The molecule has 0 unspecified atom stereocenters. The van der Waals surface area contributed by atoms with Crippen molar-refractivity contribution in [3.8, 4) is 0 Å². The molecule has 1 N–H and O–H groups in total. The minimum atomic E-state index is 0.703. The highest BCUT2D eigenvalue weighted by Crippen LogP contribution is 2.29. The topological polar surface area (TPSA) is 12.0 Å². The summed E-state index contributed by atoms with van der Waals surface area (Å²) >= 11 is 0. The van der Waals surface area contributed by atoms with Crippen molar-refractivity contribution in [3.05, 3.63) is 42.0 Å². The Labute approximate surface area is 111 Å². The van der Waals surface area contributed by atoms with Crippen molar-refractivity contribution < 1.29 is 0 Å². The van der Waals surface area contributed by atoms with Crippen molar-refractivity contribution in [2.24, 2.45) is 11.8 Å². The van der Waals surface area contributed by atoms with E-state index < -0.39 is 0 Å². The lowest BCUT2D eigenvalue weighted by molar-refractivity contribution is 0.211. The van der Waals surface area contributed by atoms with Gasteiger partial charge in [-0.05, 0) is 23.8 Å². The number of nitrogens with one attached hydrogen (secondary N) is 1. The Bertz CT molecular complexity index is 368. The first-order valence-corrected chi connectivity index (χ1v) is 7.22. The van der Waals surface area contributed by atoms with Crippen molar-refractivity contribution in [1.29, 1.82) is 0 Å². The van der Waals surface area contributed by atoms with Gasteiger partial charge >= 0.3 is 0 Å². The van der Waals surface area contributed by atoms with Gasteiger partial charge in [-0.1, -0.05) is 69.2 Å². The first-order chi connectivity index (χ1) is 8.77. The number of benzene rings is 1. The van der Waals surface area contributed by atoms with Crippen LogP contribution < -0.4 is 5.32 Å². The van der Waals surface area contributed by atoms with Crippen molar-refractivity contribution in [2.75, 3.05) is 6.54 Å². The van der Waals surface area contributed by atoms with E-state index in [-0.39, 0.29) is 0 Å². The summed E-state index contributed by atoms with van der Waals surface area (Å²) in [6.45, 7) is 5.76. The van der Waals surface area contributed by atoms with Crippen LogP contribution in [0.3, 0.4) is 0 Å². The SMILES string of the molecule is C[C@H]1[C@@H](NC/C=C/c2ccccc2)CCC[C@@H]1C. The third-order valence-electron chi connectivity index (χ3n) is 4.31. The van der Waals surface area contributed by atoms with Gasteiger partial charge in [-0.2, -0.15) is 0 Å². The van der Waals surface area contributed by atoms with Gasteiger partial charge in [-0.15, -0.1) is 0 Å². The molecule has 0 radical (unpaired) electrons. The van der Waals surface area contributed by atoms with Crippen LogP contribution in [0, 0.1) is 11.8 Å². The summed E-state index contributed by atoms with van der Waals surface area (Å²) in [6, 6.07) is 11.2. The van der Waals surface area contributed by atoms with Crippen LogP contribution >= 0.6 is 0 Å². The average Bonchev–Trinajstić information content (AvgIpc) is 2.40. The summed E-state index contributed by atoms with van der Waals surface area (Å²) in [5.41, 5.74) is 1.28. The fourth-order valence-corrected chi connectivity index (χ4v) is 2.85. The summed E-state index contributed by atoms with van der Waals surface area (Å²) in [6.07, 6.45) is 8.56. The van der Waals surface area contributed by atoms with E-state index in [2.05, 4.69) is 61.6 Å². The lowest BCUT2D eigenvalue weighted by Crippen LogP contribution is -2.40. The molecule has 0 aliphatic heterocycles.